The molecule has 0 spiro atoms. The van der Waals surface area contributed by atoms with Crippen LogP contribution in [0, 0.1) is 11.6 Å². The normalized spacial score (nSPS) is 11.7. The average Bonchev–Trinajstić information content (AvgIpc) is 2.84. The van der Waals surface area contributed by atoms with Gasteiger partial charge in [-0.3, -0.25) is 14.1 Å². The minimum Gasteiger partial charge on any atom is -0.347 e. The molecule has 3 rings (SSSR count). The molecule has 2 aromatic carbocycles. The molecule has 1 amide bonds. The Morgan fingerprint density at radius 3 is 2.36 bits per heavy atom. The number of hydrogen-bond donors (Lipinski definition) is 1. The zero-order valence-corrected chi connectivity index (χ0v) is 19.6. The summed E-state index contributed by atoms with van der Waals surface area (Å²) in [6.45, 7) is 4.51. The number of carbonyl (C=O) groups is 1. The fraction of sp³-hybridized carbons (Fsp3) is 0.167. The molecule has 0 aliphatic heterocycles. The molecule has 12 heteroatoms. The largest absolute Gasteiger partial charge is 0.416 e. The maximum atomic E-state index is 14.1. The van der Waals surface area contributed by atoms with Gasteiger partial charge in [-0.15, -0.1) is 0 Å². The summed E-state index contributed by atoms with van der Waals surface area (Å²) >= 11 is 0. The summed E-state index contributed by atoms with van der Waals surface area (Å²) in [4.78, 5) is 15.8. The quantitative estimate of drug-likeness (QED) is 0.336. The van der Waals surface area contributed by atoms with Crippen molar-refractivity contribution in [2.45, 2.75) is 24.5 Å². The van der Waals surface area contributed by atoms with Crippen LogP contribution < -0.4 is 5.32 Å². The van der Waals surface area contributed by atoms with Crippen LogP contribution in [0.1, 0.15) is 18.1 Å². The second-order valence-electron chi connectivity index (χ2n) is 7.48. The van der Waals surface area contributed by atoms with E-state index in [-0.39, 0.29) is 13.1 Å². The van der Waals surface area contributed by atoms with Crippen molar-refractivity contribution in [2.75, 3.05) is 6.54 Å². The van der Waals surface area contributed by atoms with Crippen LogP contribution in [0.15, 0.2) is 78.0 Å². The fourth-order valence-electron chi connectivity index (χ4n) is 3.28. The zero-order valence-electron chi connectivity index (χ0n) is 18.8. The van der Waals surface area contributed by atoms with Gasteiger partial charge >= 0.3 is 6.18 Å². The molecule has 1 N–H and O–H groups in total. The molecule has 0 bridgehead atoms. The number of hydrogen-bond acceptors (Lipinski definition) is 4. The predicted molar refractivity (Wildman–Crippen MR) is 122 cm³/mol. The first-order chi connectivity index (χ1) is 16.9. The highest BCUT2D eigenvalue weighted by Gasteiger charge is 2.31. The molecular weight excluding hydrogens is 505 g/mol. The van der Waals surface area contributed by atoms with Gasteiger partial charge in [0.2, 0.25) is 0 Å². The molecule has 0 aliphatic rings. The third kappa shape index (κ3) is 5.70. The standard InChI is InChI=1S/C24H20F5N3O3S/c1-3-32(36(34,35)21-6-4-5-19(25)22(21)26)15(2)23(33)31-14-16-11-12-30-20(13-16)17-7-9-18(10-8-17)24(27,28)29/h4-13H,2-3,14H2,1H3,(H,31,33). The number of rotatable bonds is 8. The molecule has 0 saturated carbocycles. The van der Waals surface area contributed by atoms with Gasteiger partial charge in [0.05, 0.1) is 11.3 Å². The molecule has 36 heavy (non-hydrogen) atoms. The monoisotopic (exact) mass is 525 g/mol. The van der Waals surface area contributed by atoms with Gasteiger partial charge in [-0.1, -0.05) is 24.8 Å². The van der Waals surface area contributed by atoms with Crippen LogP contribution in [-0.4, -0.2) is 30.2 Å². The highest BCUT2D eigenvalue weighted by Crippen LogP contribution is 2.30. The van der Waals surface area contributed by atoms with E-state index in [1.54, 1.807) is 12.1 Å². The second-order valence-corrected chi connectivity index (χ2v) is 9.31. The number of carbonyl (C=O) groups excluding carboxylic acids is 1. The van der Waals surface area contributed by atoms with Crippen molar-refractivity contribution in [2.24, 2.45) is 0 Å². The van der Waals surface area contributed by atoms with Crippen molar-refractivity contribution < 1.29 is 35.2 Å². The summed E-state index contributed by atoms with van der Waals surface area (Å²) in [5.74, 6) is -3.81. The number of nitrogens with zero attached hydrogens (tertiary/aromatic N) is 2. The Labute approximate surface area is 204 Å². The molecular formula is C24H20F5N3O3S. The van der Waals surface area contributed by atoms with Crippen molar-refractivity contribution in [3.8, 4) is 11.3 Å². The van der Waals surface area contributed by atoms with Gasteiger partial charge < -0.3 is 5.32 Å². The molecule has 3 aromatic rings. The molecule has 0 aliphatic carbocycles. The van der Waals surface area contributed by atoms with Gasteiger partial charge in [0.15, 0.2) is 11.6 Å². The van der Waals surface area contributed by atoms with Crippen LogP contribution in [0.25, 0.3) is 11.3 Å². The lowest BCUT2D eigenvalue weighted by molar-refractivity contribution is -0.137. The first-order valence-electron chi connectivity index (χ1n) is 10.4. The van der Waals surface area contributed by atoms with E-state index in [1.807, 2.05) is 0 Å². The third-order valence-corrected chi connectivity index (χ3v) is 7.05. The van der Waals surface area contributed by atoms with E-state index in [2.05, 4.69) is 16.9 Å². The minimum absolute atomic E-state index is 0.0973. The Morgan fingerprint density at radius 1 is 1.08 bits per heavy atom. The molecule has 190 valence electrons. The Hall–Kier alpha value is -3.80. The van der Waals surface area contributed by atoms with Gasteiger partial charge in [-0.05, 0) is 48.9 Å². The van der Waals surface area contributed by atoms with Crippen molar-refractivity contribution in [3.05, 3.63) is 95.8 Å². The van der Waals surface area contributed by atoms with Gasteiger partial charge in [0.25, 0.3) is 15.9 Å². The number of pyridine rings is 1. The summed E-state index contributed by atoms with van der Waals surface area (Å²) in [6, 6.07) is 10.2. The molecule has 6 nitrogen and oxygen atoms in total. The maximum Gasteiger partial charge on any atom is 0.416 e. The molecule has 0 saturated heterocycles. The lowest BCUT2D eigenvalue weighted by Crippen LogP contribution is -2.38. The summed E-state index contributed by atoms with van der Waals surface area (Å²) in [5.41, 5.74) is -0.0300. The zero-order chi connectivity index (χ0) is 26.7. The van der Waals surface area contributed by atoms with Crippen LogP contribution >= 0.6 is 0 Å². The van der Waals surface area contributed by atoms with Crippen LogP contribution in [0.3, 0.4) is 0 Å². The van der Waals surface area contributed by atoms with Crippen LogP contribution in [0.2, 0.25) is 0 Å². The Bertz CT molecular complexity index is 1390. The average molecular weight is 525 g/mol. The summed E-state index contributed by atoms with van der Waals surface area (Å²) in [5, 5.41) is 2.48. The topological polar surface area (TPSA) is 79.4 Å². The van der Waals surface area contributed by atoms with E-state index >= 15 is 0 Å². The summed E-state index contributed by atoms with van der Waals surface area (Å²) in [6.07, 6.45) is -3.07. The Balaban J connectivity index is 1.74. The first kappa shape index (κ1) is 26.8. The van der Waals surface area contributed by atoms with Gasteiger partial charge in [0, 0.05) is 24.8 Å². The summed E-state index contributed by atoms with van der Waals surface area (Å²) in [7, 11) is -4.62. The van der Waals surface area contributed by atoms with E-state index in [0.717, 1.165) is 30.3 Å². The van der Waals surface area contributed by atoms with Gasteiger partial charge in [-0.2, -0.15) is 13.2 Å². The van der Waals surface area contributed by atoms with E-state index in [9.17, 15) is 35.2 Å². The van der Waals surface area contributed by atoms with E-state index in [1.165, 1.54) is 25.3 Å². The number of halogens is 5. The van der Waals surface area contributed by atoms with Gasteiger partial charge in [0.1, 0.15) is 10.6 Å². The Kier molecular flexibility index (Phi) is 7.77. The number of benzene rings is 2. The number of sulfonamides is 1. The van der Waals surface area contributed by atoms with Crippen LogP contribution in [0.4, 0.5) is 22.0 Å². The molecule has 0 atom stereocenters. The highest BCUT2D eigenvalue weighted by atomic mass is 32.2. The Morgan fingerprint density at radius 2 is 1.75 bits per heavy atom. The number of nitrogens with one attached hydrogen (secondary N) is 1. The van der Waals surface area contributed by atoms with E-state index in [4.69, 9.17) is 0 Å². The highest BCUT2D eigenvalue weighted by molar-refractivity contribution is 7.89. The minimum atomic E-state index is -4.62. The van der Waals surface area contributed by atoms with Crippen molar-refractivity contribution in [3.63, 3.8) is 0 Å². The lowest BCUT2D eigenvalue weighted by atomic mass is 10.1. The number of likely N-dealkylation sites (N-methyl/N-ethyl adjacent to an activating group) is 1. The summed E-state index contributed by atoms with van der Waals surface area (Å²) < 4.78 is 92.2. The number of amides is 1. The second kappa shape index (κ2) is 10.4. The van der Waals surface area contributed by atoms with Crippen molar-refractivity contribution in [1.82, 2.24) is 14.6 Å². The molecule has 1 aromatic heterocycles. The lowest BCUT2D eigenvalue weighted by Gasteiger charge is -2.24. The maximum absolute atomic E-state index is 14.1. The fourth-order valence-corrected chi connectivity index (χ4v) is 4.80. The molecule has 0 unspecified atom stereocenters. The van der Waals surface area contributed by atoms with Crippen molar-refractivity contribution >= 4 is 15.9 Å². The van der Waals surface area contributed by atoms with Crippen LogP contribution in [0.5, 0.6) is 0 Å². The molecule has 0 radical (unpaired) electrons. The van der Waals surface area contributed by atoms with Crippen molar-refractivity contribution in [1.29, 1.82) is 0 Å². The van der Waals surface area contributed by atoms with E-state index < -0.39 is 49.9 Å². The van der Waals surface area contributed by atoms with E-state index in [0.29, 0.717) is 21.1 Å². The number of alkyl halides is 3. The first-order valence-corrected chi connectivity index (χ1v) is 11.9. The predicted octanol–water partition coefficient (Wildman–Crippen LogP) is 4.89. The molecule has 0 fully saturated rings. The SMILES string of the molecule is C=C(C(=O)NCc1ccnc(-c2ccc(C(F)(F)F)cc2)c1)N(CC)S(=O)(=O)c1cccc(F)c1F. The van der Waals surface area contributed by atoms with Crippen LogP contribution in [-0.2, 0) is 27.5 Å². The van der Waals surface area contributed by atoms with Gasteiger partial charge in [-0.25, -0.2) is 17.2 Å². The number of aromatic nitrogens is 1. The molecule has 1 heterocycles. The smallest absolute Gasteiger partial charge is 0.347 e. The third-order valence-electron chi connectivity index (χ3n) is 5.12.